The van der Waals surface area contributed by atoms with Gasteiger partial charge in [-0.2, -0.15) is 17.2 Å². The lowest BCUT2D eigenvalue weighted by Crippen LogP contribution is -2.59. The zero-order valence-corrected chi connectivity index (χ0v) is 12.4. The van der Waals surface area contributed by atoms with Gasteiger partial charge in [-0.15, -0.1) is 0 Å². The Morgan fingerprint density at radius 2 is 1.90 bits per heavy atom. The van der Waals surface area contributed by atoms with E-state index in [1.807, 2.05) is 6.92 Å². The largest absolute Gasteiger partial charge is 0.465 e. The second kappa shape index (κ2) is 4.62. The Morgan fingerprint density at radius 1 is 1.29 bits per heavy atom. The first-order valence-electron chi connectivity index (χ1n) is 7.15. The highest BCUT2D eigenvalue weighted by Crippen LogP contribution is 2.66. The minimum atomic E-state index is -5.79. The maximum Gasteiger partial charge on any atom is 0.465 e. The van der Waals surface area contributed by atoms with E-state index in [4.69, 9.17) is 4.55 Å². The van der Waals surface area contributed by atoms with Gasteiger partial charge in [-0.05, 0) is 54.8 Å². The van der Waals surface area contributed by atoms with Gasteiger partial charge >= 0.3 is 21.3 Å². The van der Waals surface area contributed by atoms with Crippen LogP contribution in [0, 0.1) is 35.5 Å². The molecule has 3 aliphatic rings. The normalized spacial score (nSPS) is 41.5. The molecule has 0 spiro atoms. The molecule has 6 unspecified atom stereocenters. The lowest BCUT2D eigenvalue weighted by atomic mass is 9.40. The highest BCUT2D eigenvalue weighted by Gasteiger charge is 2.60. The van der Waals surface area contributed by atoms with E-state index in [1.165, 1.54) is 6.42 Å². The quantitative estimate of drug-likeness (QED) is 0.631. The van der Waals surface area contributed by atoms with Crippen LogP contribution in [0.1, 0.15) is 26.2 Å². The van der Waals surface area contributed by atoms with E-state index in [1.54, 1.807) is 0 Å². The van der Waals surface area contributed by atoms with Gasteiger partial charge in [-0.3, -0.25) is 4.55 Å². The van der Waals surface area contributed by atoms with E-state index < -0.39 is 21.3 Å². The summed E-state index contributed by atoms with van der Waals surface area (Å²) in [4.78, 5) is 11.2. The van der Waals surface area contributed by atoms with Crippen molar-refractivity contribution >= 4 is 16.1 Å². The molecule has 0 aliphatic heterocycles. The summed E-state index contributed by atoms with van der Waals surface area (Å²) in [6.07, 6.45) is 3.30. The fourth-order valence-corrected chi connectivity index (χ4v) is 4.86. The van der Waals surface area contributed by atoms with Crippen molar-refractivity contribution in [3.05, 3.63) is 0 Å². The van der Waals surface area contributed by atoms with Gasteiger partial charge in [0.05, 0.1) is 6.61 Å². The number of hydrogen-bond donors (Lipinski definition) is 1. The predicted molar refractivity (Wildman–Crippen MR) is 67.9 cm³/mol. The van der Waals surface area contributed by atoms with E-state index in [0.29, 0.717) is 11.8 Å². The molecule has 0 aromatic carbocycles. The molecular formula is C13H18F2O5S. The zero-order chi connectivity index (χ0) is 15.6. The Labute approximate surface area is 121 Å². The molecule has 0 amide bonds. The number of alkyl halides is 2. The van der Waals surface area contributed by atoms with Crippen LogP contribution in [0.4, 0.5) is 8.78 Å². The molecule has 0 saturated heterocycles. The predicted octanol–water partition coefficient (Wildman–Crippen LogP) is 1.94. The second-order valence-corrected chi connectivity index (χ2v) is 8.16. The molecular weight excluding hydrogens is 306 g/mol. The Kier molecular flexibility index (Phi) is 3.33. The lowest BCUT2D eigenvalue weighted by molar-refractivity contribution is -0.188. The first-order valence-corrected chi connectivity index (χ1v) is 8.59. The number of ether oxygens (including phenoxy) is 1. The third-order valence-electron chi connectivity index (χ3n) is 5.69. The highest BCUT2D eigenvalue weighted by atomic mass is 32.2. The van der Waals surface area contributed by atoms with Gasteiger partial charge in [0.1, 0.15) is 0 Å². The smallest absolute Gasteiger partial charge is 0.460 e. The lowest BCUT2D eigenvalue weighted by Gasteiger charge is -2.65. The summed E-state index contributed by atoms with van der Waals surface area (Å²) in [6, 6.07) is 0. The van der Waals surface area contributed by atoms with Crippen molar-refractivity contribution in [2.75, 3.05) is 6.61 Å². The number of esters is 1. The number of carbonyl (C=O) groups is 1. The van der Waals surface area contributed by atoms with Gasteiger partial charge < -0.3 is 4.74 Å². The van der Waals surface area contributed by atoms with Gasteiger partial charge in [0.25, 0.3) is 0 Å². The zero-order valence-electron chi connectivity index (χ0n) is 11.5. The van der Waals surface area contributed by atoms with Crippen LogP contribution in [-0.2, 0) is 19.6 Å². The van der Waals surface area contributed by atoms with Gasteiger partial charge in [-0.1, -0.05) is 6.92 Å². The maximum absolute atomic E-state index is 13.1. The van der Waals surface area contributed by atoms with Crippen LogP contribution < -0.4 is 0 Å². The van der Waals surface area contributed by atoms with Crippen molar-refractivity contribution in [3.8, 4) is 0 Å². The van der Waals surface area contributed by atoms with E-state index >= 15 is 0 Å². The molecule has 3 saturated carbocycles. The molecule has 1 N–H and O–H groups in total. The summed E-state index contributed by atoms with van der Waals surface area (Å²) in [5, 5.41) is -4.90. The first kappa shape index (κ1) is 15.1. The van der Waals surface area contributed by atoms with Crippen LogP contribution in [0.2, 0.25) is 0 Å². The number of hydrogen-bond acceptors (Lipinski definition) is 4. The fourth-order valence-electron chi connectivity index (χ4n) is 4.59. The summed E-state index contributed by atoms with van der Waals surface area (Å²) >= 11 is 0. The van der Waals surface area contributed by atoms with Crippen LogP contribution in [0.25, 0.3) is 0 Å². The standard InChI is InChI=1S/C13H18F2O5S/c1-6-2-7-3-8-4-9(11(7)8)10(6)5-20-12(16)13(14,15)21(17,18)19/h6-11H,2-5H2,1H3,(H,17,18,19). The summed E-state index contributed by atoms with van der Waals surface area (Å²) in [5.41, 5.74) is 0. The molecule has 8 heteroatoms. The Bertz CT molecular complexity index is 561. The van der Waals surface area contributed by atoms with Gasteiger partial charge in [0, 0.05) is 0 Å². The van der Waals surface area contributed by atoms with E-state index in [2.05, 4.69) is 4.74 Å². The van der Waals surface area contributed by atoms with E-state index in [-0.39, 0.29) is 18.4 Å². The Balaban J connectivity index is 1.61. The fraction of sp³-hybridized carbons (Fsp3) is 0.923. The molecule has 3 fully saturated rings. The maximum atomic E-state index is 13.1. The van der Waals surface area contributed by atoms with Crippen LogP contribution in [0.15, 0.2) is 0 Å². The third-order valence-corrected chi connectivity index (χ3v) is 6.50. The summed E-state index contributed by atoms with van der Waals surface area (Å²) in [7, 11) is -5.79. The SMILES string of the molecule is CC1CC2CC3CC(C1COC(=O)C(F)(F)S(=O)(=O)O)C23. The Morgan fingerprint density at radius 3 is 2.48 bits per heavy atom. The topological polar surface area (TPSA) is 80.7 Å². The average molecular weight is 324 g/mol. The highest BCUT2D eigenvalue weighted by molar-refractivity contribution is 7.87. The first-order chi connectivity index (χ1) is 9.63. The molecule has 0 aromatic rings. The van der Waals surface area contributed by atoms with Crippen LogP contribution >= 0.6 is 0 Å². The van der Waals surface area contributed by atoms with Crippen molar-refractivity contribution < 1.29 is 31.3 Å². The molecule has 21 heavy (non-hydrogen) atoms. The van der Waals surface area contributed by atoms with Crippen molar-refractivity contribution in [2.24, 2.45) is 35.5 Å². The number of halogens is 2. The molecule has 0 heterocycles. The molecule has 0 radical (unpaired) electrons. The van der Waals surface area contributed by atoms with Gasteiger partial charge in [0.15, 0.2) is 0 Å². The number of rotatable bonds is 4. The van der Waals surface area contributed by atoms with E-state index in [9.17, 15) is 22.0 Å². The molecule has 0 bridgehead atoms. The average Bonchev–Trinajstić information content (AvgIpc) is 2.31. The van der Waals surface area contributed by atoms with E-state index in [0.717, 1.165) is 24.7 Å². The third kappa shape index (κ3) is 2.18. The Hall–Kier alpha value is -0.760. The molecule has 6 atom stereocenters. The van der Waals surface area contributed by atoms with Crippen LogP contribution in [-0.4, -0.2) is 30.8 Å². The van der Waals surface area contributed by atoms with Crippen LogP contribution in [0.3, 0.4) is 0 Å². The summed E-state index contributed by atoms with van der Waals surface area (Å²) < 4.78 is 60.1. The van der Waals surface area contributed by atoms with Crippen molar-refractivity contribution in [1.29, 1.82) is 0 Å². The second-order valence-electron chi connectivity index (χ2n) is 6.70. The molecule has 120 valence electrons. The van der Waals surface area contributed by atoms with Crippen molar-refractivity contribution in [2.45, 2.75) is 31.4 Å². The summed E-state index contributed by atoms with van der Waals surface area (Å²) in [5.74, 6) is 0.564. The van der Waals surface area contributed by atoms with Crippen LogP contribution in [0.5, 0.6) is 0 Å². The molecule has 3 rings (SSSR count). The minimum Gasteiger partial charge on any atom is -0.460 e. The minimum absolute atomic E-state index is 0.00365. The molecule has 5 nitrogen and oxygen atoms in total. The molecule has 3 aliphatic carbocycles. The van der Waals surface area contributed by atoms with Gasteiger partial charge in [0.2, 0.25) is 0 Å². The number of carbonyl (C=O) groups excluding carboxylic acids is 1. The van der Waals surface area contributed by atoms with Crippen molar-refractivity contribution in [3.63, 3.8) is 0 Å². The monoisotopic (exact) mass is 324 g/mol. The summed E-state index contributed by atoms with van der Waals surface area (Å²) in [6.45, 7) is 1.81. The molecule has 0 aromatic heterocycles. The van der Waals surface area contributed by atoms with Crippen molar-refractivity contribution in [1.82, 2.24) is 0 Å². The van der Waals surface area contributed by atoms with Gasteiger partial charge in [-0.25, -0.2) is 4.79 Å².